The van der Waals surface area contributed by atoms with Crippen LogP contribution in [0.2, 0.25) is 0 Å². The second-order valence-corrected chi connectivity index (χ2v) is 7.27. The highest BCUT2D eigenvalue weighted by Crippen LogP contribution is 2.35. The molecule has 0 aliphatic carbocycles. The second kappa shape index (κ2) is 8.60. The maximum atomic E-state index is 13.1. The number of anilines is 1. The Kier molecular flexibility index (Phi) is 5.88. The Bertz CT molecular complexity index is 1030. The molecular weight excluding hydrogens is 423 g/mol. The molecule has 0 unspecified atom stereocenters. The van der Waals surface area contributed by atoms with Crippen molar-refractivity contribution in [2.45, 2.75) is 32.0 Å². The minimum absolute atomic E-state index is 0.0755. The number of aromatic nitrogens is 5. The third-order valence-corrected chi connectivity index (χ3v) is 5.14. The number of halogens is 5. The number of ether oxygens (including phenoxy) is 1. The van der Waals surface area contributed by atoms with Crippen LogP contribution in [0.25, 0.3) is 11.2 Å². The molecule has 1 aliphatic rings. The van der Waals surface area contributed by atoms with Crippen molar-refractivity contribution >= 4 is 17.0 Å². The number of hydrogen-bond donors (Lipinski definition) is 0. The number of hydrogen-bond acceptors (Lipinski definition) is 6. The van der Waals surface area contributed by atoms with Gasteiger partial charge in [-0.25, -0.2) is 23.4 Å². The normalized spacial score (nSPS) is 15.7. The molecule has 166 valence electrons. The summed E-state index contributed by atoms with van der Waals surface area (Å²) >= 11 is 0. The van der Waals surface area contributed by atoms with Crippen LogP contribution in [0, 0.1) is 5.92 Å². The number of fused-ring (bicyclic) bond motifs is 1. The van der Waals surface area contributed by atoms with Gasteiger partial charge in [-0.15, -0.1) is 0 Å². The summed E-state index contributed by atoms with van der Waals surface area (Å²) in [6, 6.07) is 1.21. The first kappa shape index (κ1) is 21.2. The molecule has 31 heavy (non-hydrogen) atoms. The van der Waals surface area contributed by atoms with Crippen molar-refractivity contribution < 1.29 is 26.7 Å². The number of pyridine rings is 1. The Hall–Kier alpha value is -3.05. The molecule has 0 spiro atoms. The highest BCUT2D eigenvalue weighted by atomic mass is 19.4. The number of piperidine rings is 1. The van der Waals surface area contributed by atoms with Crippen molar-refractivity contribution in [2.24, 2.45) is 5.92 Å². The summed E-state index contributed by atoms with van der Waals surface area (Å²) in [5, 5.41) is 3.90. The van der Waals surface area contributed by atoms with E-state index in [4.69, 9.17) is 4.74 Å². The van der Waals surface area contributed by atoms with E-state index in [0.717, 1.165) is 10.9 Å². The van der Waals surface area contributed by atoms with E-state index in [-0.39, 0.29) is 18.3 Å². The van der Waals surface area contributed by atoms with E-state index in [1.165, 1.54) is 18.5 Å². The van der Waals surface area contributed by atoms with Crippen LogP contribution in [0.4, 0.5) is 27.8 Å². The summed E-state index contributed by atoms with van der Waals surface area (Å²) in [6.45, 7) is 0.794. The molecule has 0 N–H and O–H groups in total. The molecule has 4 rings (SSSR count). The van der Waals surface area contributed by atoms with Gasteiger partial charge in [-0.1, -0.05) is 0 Å². The summed E-state index contributed by atoms with van der Waals surface area (Å²) in [5.41, 5.74) is -0.164. The Labute approximate surface area is 173 Å². The topological polar surface area (TPSA) is 69.0 Å². The van der Waals surface area contributed by atoms with Gasteiger partial charge < -0.3 is 9.64 Å². The zero-order valence-electron chi connectivity index (χ0n) is 16.3. The molecule has 1 saturated heterocycles. The zero-order valence-corrected chi connectivity index (χ0v) is 16.3. The monoisotopic (exact) mass is 442 g/mol. The van der Waals surface area contributed by atoms with Crippen LogP contribution in [0.3, 0.4) is 0 Å². The smallest absolute Gasteiger partial charge is 0.421 e. The second-order valence-electron chi connectivity index (χ2n) is 7.27. The Morgan fingerprint density at radius 3 is 2.61 bits per heavy atom. The quantitative estimate of drug-likeness (QED) is 0.541. The van der Waals surface area contributed by atoms with Gasteiger partial charge in [0.2, 0.25) is 0 Å². The van der Waals surface area contributed by atoms with Crippen LogP contribution in [-0.4, -0.2) is 50.9 Å². The lowest BCUT2D eigenvalue weighted by atomic mass is 9.98. The van der Waals surface area contributed by atoms with E-state index in [0.29, 0.717) is 42.9 Å². The Morgan fingerprint density at radius 1 is 1.13 bits per heavy atom. The molecule has 1 fully saturated rings. The van der Waals surface area contributed by atoms with Crippen LogP contribution < -0.4 is 9.64 Å². The molecule has 0 bridgehead atoms. The van der Waals surface area contributed by atoms with Crippen LogP contribution in [-0.2, 0) is 12.7 Å². The van der Waals surface area contributed by atoms with Crippen molar-refractivity contribution in [3.8, 4) is 5.75 Å². The predicted octanol–water partition coefficient (Wildman–Crippen LogP) is 3.80. The predicted molar refractivity (Wildman–Crippen MR) is 101 cm³/mol. The molecule has 12 heteroatoms. The van der Waals surface area contributed by atoms with E-state index in [1.807, 2.05) is 4.90 Å². The molecule has 0 amide bonds. The van der Waals surface area contributed by atoms with Crippen molar-refractivity contribution in [3.05, 3.63) is 36.4 Å². The molecule has 7 nitrogen and oxygen atoms in total. The first-order valence-electron chi connectivity index (χ1n) is 9.67. The molecule has 0 atom stereocenters. The lowest BCUT2D eigenvalue weighted by Crippen LogP contribution is -2.36. The highest BCUT2D eigenvalue weighted by molar-refractivity contribution is 5.71. The molecule has 0 radical (unpaired) electrons. The number of alkyl halides is 5. The van der Waals surface area contributed by atoms with E-state index >= 15 is 0 Å². The van der Waals surface area contributed by atoms with Gasteiger partial charge in [0.05, 0.1) is 19.0 Å². The lowest BCUT2D eigenvalue weighted by molar-refractivity contribution is -0.139. The fraction of sp³-hybridized carbons (Fsp3) is 0.474. The summed E-state index contributed by atoms with van der Waals surface area (Å²) in [4.78, 5) is 14.2. The van der Waals surface area contributed by atoms with E-state index in [9.17, 15) is 22.0 Å². The van der Waals surface area contributed by atoms with E-state index in [1.54, 1.807) is 6.20 Å². The summed E-state index contributed by atoms with van der Waals surface area (Å²) in [7, 11) is 0. The van der Waals surface area contributed by atoms with Gasteiger partial charge >= 0.3 is 6.18 Å². The first-order chi connectivity index (χ1) is 14.8. The van der Waals surface area contributed by atoms with E-state index < -0.39 is 24.7 Å². The molecule has 3 aromatic rings. The minimum Gasteiger partial charge on any atom is -0.493 e. The van der Waals surface area contributed by atoms with Crippen molar-refractivity contribution in [3.63, 3.8) is 0 Å². The summed E-state index contributed by atoms with van der Waals surface area (Å²) in [6.07, 6.45) is -0.729. The van der Waals surface area contributed by atoms with Crippen LogP contribution in [0.15, 0.2) is 30.9 Å². The van der Waals surface area contributed by atoms with Gasteiger partial charge in [0, 0.05) is 25.5 Å². The molecule has 0 saturated carbocycles. The average molecular weight is 442 g/mol. The van der Waals surface area contributed by atoms with E-state index in [2.05, 4.69) is 20.1 Å². The number of rotatable bonds is 6. The average Bonchev–Trinajstić information content (AvgIpc) is 3.13. The van der Waals surface area contributed by atoms with Gasteiger partial charge in [-0.3, -0.25) is 4.98 Å². The zero-order chi connectivity index (χ0) is 22.0. The van der Waals surface area contributed by atoms with Gasteiger partial charge in [0.15, 0.2) is 5.65 Å². The first-order valence-corrected chi connectivity index (χ1v) is 9.67. The Morgan fingerprint density at radius 2 is 1.90 bits per heavy atom. The maximum Gasteiger partial charge on any atom is 0.421 e. The summed E-state index contributed by atoms with van der Waals surface area (Å²) in [5.74, 6) is 0.400. The van der Waals surface area contributed by atoms with Crippen LogP contribution in [0.5, 0.6) is 5.75 Å². The standard InChI is InChI=1S/C19H19F5N6O/c20-16(21)10-30-18-14(8-27-30)26-9-17(28-18)29-5-2-12(3-6-29)11-31-15-1-4-25-7-13(15)19(22,23)24/h1,4,7-9,12,16H,2-3,5-6,10-11H2. The summed E-state index contributed by atoms with van der Waals surface area (Å²) < 4.78 is 71.2. The van der Waals surface area contributed by atoms with Crippen molar-refractivity contribution in [2.75, 3.05) is 24.6 Å². The third-order valence-electron chi connectivity index (χ3n) is 5.14. The van der Waals surface area contributed by atoms with Crippen molar-refractivity contribution in [1.29, 1.82) is 0 Å². The van der Waals surface area contributed by atoms with Crippen LogP contribution in [0.1, 0.15) is 18.4 Å². The highest BCUT2D eigenvalue weighted by Gasteiger charge is 2.35. The number of nitrogens with zero attached hydrogens (tertiary/aromatic N) is 6. The van der Waals surface area contributed by atoms with Gasteiger partial charge in [0.25, 0.3) is 6.43 Å². The molecule has 1 aliphatic heterocycles. The maximum absolute atomic E-state index is 13.1. The van der Waals surface area contributed by atoms with Gasteiger partial charge in [-0.2, -0.15) is 18.3 Å². The van der Waals surface area contributed by atoms with Gasteiger partial charge in [-0.05, 0) is 24.8 Å². The third kappa shape index (κ3) is 4.83. The van der Waals surface area contributed by atoms with Crippen molar-refractivity contribution in [1.82, 2.24) is 24.7 Å². The largest absolute Gasteiger partial charge is 0.493 e. The molecule has 3 aromatic heterocycles. The SMILES string of the molecule is FC(F)Cn1ncc2ncc(N3CCC(COc4ccncc4C(F)(F)F)CC3)nc21. The Balaban J connectivity index is 1.37. The fourth-order valence-corrected chi connectivity index (χ4v) is 3.51. The minimum atomic E-state index is -4.53. The molecule has 0 aromatic carbocycles. The lowest BCUT2D eigenvalue weighted by Gasteiger charge is -2.32. The van der Waals surface area contributed by atoms with Crippen LogP contribution >= 0.6 is 0 Å². The molecule has 4 heterocycles. The molecular formula is C19H19F5N6O. The fourth-order valence-electron chi connectivity index (χ4n) is 3.51. The van der Waals surface area contributed by atoms with Gasteiger partial charge in [0.1, 0.15) is 29.2 Å².